The molecule has 6 heteroatoms. The van der Waals surface area contributed by atoms with Crippen molar-refractivity contribution in [1.29, 1.82) is 0 Å². The molecule has 0 atom stereocenters. The van der Waals surface area contributed by atoms with E-state index in [0.29, 0.717) is 13.2 Å². The van der Waals surface area contributed by atoms with Crippen molar-refractivity contribution in [3.63, 3.8) is 0 Å². The molecular formula is C43H90NO4Y-. The Morgan fingerprint density at radius 3 is 1.10 bits per heavy atom. The molecule has 0 fully saturated rings. The van der Waals surface area contributed by atoms with E-state index in [1.165, 1.54) is 199 Å². The van der Waals surface area contributed by atoms with Gasteiger partial charge in [-0.2, -0.15) is 6.42 Å². The van der Waals surface area contributed by atoms with E-state index in [0.717, 1.165) is 31.8 Å². The van der Waals surface area contributed by atoms with Crippen LogP contribution in [0.15, 0.2) is 0 Å². The summed E-state index contributed by atoms with van der Waals surface area (Å²) in [6, 6.07) is 0. The Balaban J connectivity index is -0.000000564. The molecule has 3 N–H and O–H groups in total. The molecule has 0 aliphatic carbocycles. The number of hydrogen-bond donors (Lipinski definition) is 3. The first-order valence-electron chi connectivity index (χ1n) is 21.4. The maximum atomic E-state index is 9.34. The summed E-state index contributed by atoms with van der Waals surface area (Å²) < 4.78 is 0. The maximum absolute atomic E-state index is 9.34. The molecule has 0 bridgehead atoms. The van der Waals surface area contributed by atoms with Crippen LogP contribution in [0.3, 0.4) is 0 Å². The van der Waals surface area contributed by atoms with Gasteiger partial charge in [0.25, 0.3) is 6.47 Å². The number of unbranched alkanes of at least 4 members (excludes halogenated alkanes) is 24. The van der Waals surface area contributed by atoms with Crippen LogP contribution < -0.4 is 0 Å². The van der Waals surface area contributed by atoms with Gasteiger partial charge in [0.05, 0.1) is 6.61 Å². The van der Waals surface area contributed by atoms with E-state index >= 15 is 0 Å². The van der Waals surface area contributed by atoms with Crippen LogP contribution in [0.25, 0.3) is 0 Å². The van der Waals surface area contributed by atoms with Crippen LogP contribution in [-0.2, 0) is 37.5 Å². The Kier molecular flexibility index (Phi) is 63.3. The first kappa shape index (κ1) is 56.2. The second kappa shape index (κ2) is 55.2. The Bertz CT molecular complexity index is 516. The maximum Gasteiger partial charge on any atom is 0.290 e. The fraction of sp³-hybridized carbons (Fsp3) is 0.953. The number of aliphatic hydroxyl groups is 2. The third-order valence-electron chi connectivity index (χ3n) is 9.67. The zero-order valence-electron chi connectivity index (χ0n) is 33.8. The topological polar surface area (TPSA) is 81.0 Å². The minimum atomic E-state index is -0.250. The van der Waals surface area contributed by atoms with Crippen LogP contribution in [0.1, 0.15) is 226 Å². The van der Waals surface area contributed by atoms with Crippen LogP contribution >= 0.6 is 0 Å². The number of nitrogens with zero attached hydrogens (tertiary/aromatic N) is 1. The molecule has 1 radical (unpaired) electrons. The molecule has 5 nitrogen and oxygen atoms in total. The van der Waals surface area contributed by atoms with Gasteiger partial charge in [-0.3, -0.25) is 4.79 Å². The predicted octanol–water partition coefficient (Wildman–Crippen LogP) is 13.0. The fourth-order valence-corrected chi connectivity index (χ4v) is 6.57. The average Bonchev–Trinajstić information content (AvgIpc) is 3.09. The van der Waals surface area contributed by atoms with Gasteiger partial charge < -0.3 is 27.1 Å². The number of carboxylic acid groups (broad SMARTS) is 1. The zero-order valence-corrected chi connectivity index (χ0v) is 36.6. The summed E-state index contributed by atoms with van der Waals surface area (Å²) in [6.45, 7) is 14.4. The monoisotopic (exact) mass is 774 g/mol. The summed E-state index contributed by atoms with van der Waals surface area (Å²) in [6.07, 6.45) is 43.9. The molecular weight excluding hydrogens is 683 g/mol. The number of rotatable bonds is 37. The van der Waals surface area contributed by atoms with E-state index in [1.54, 1.807) is 0 Å². The van der Waals surface area contributed by atoms with Crippen molar-refractivity contribution in [3.8, 4) is 0 Å². The molecule has 0 aliphatic heterocycles. The van der Waals surface area contributed by atoms with Crippen molar-refractivity contribution < 1.29 is 52.8 Å². The Morgan fingerprint density at radius 2 is 0.776 bits per heavy atom. The van der Waals surface area contributed by atoms with Crippen LogP contribution in [0.5, 0.6) is 0 Å². The van der Waals surface area contributed by atoms with Crippen LogP contribution in [0, 0.1) is 12.8 Å². The Morgan fingerprint density at radius 1 is 0.469 bits per heavy atom. The van der Waals surface area contributed by atoms with Gasteiger partial charge in [0.15, 0.2) is 0 Å². The van der Waals surface area contributed by atoms with E-state index in [-0.39, 0.29) is 39.2 Å². The Labute approximate surface area is 334 Å². The molecule has 0 aromatic heterocycles. The zero-order chi connectivity index (χ0) is 36.0. The molecule has 0 unspecified atom stereocenters. The van der Waals surface area contributed by atoms with Gasteiger partial charge in [0.2, 0.25) is 0 Å². The second-order valence-corrected chi connectivity index (χ2v) is 14.3. The van der Waals surface area contributed by atoms with Crippen molar-refractivity contribution in [2.24, 2.45) is 5.92 Å². The van der Waals surface area contributed by atoms with E-state index in [1.807, 2.05) is 0 Å². The fourth-order valence-electron chi connectivity index (χ4n) is 6.57. The molecule has 0 rings (SSSR count). The molecule has 295 valence electrons. The largest absolute Gasteiger partial charge is 0.483 e. The molecule has 0 saturated heterocycles. The van der Waals surface area contributed by atoms with Crippen molar-refractivity contribution in [1.82, 2.24) is 4.90 Å². The quantitative estimate of drug-likeness (QED) is 0.0333. The van der Waals surface area contributed by atoms with Crippen molar-refractivity contribution in [3.05, 3.63) is 6.92 Å². The van der Waals surface area contributed by atoms with Crippen molar-refractivity contribution >= 4 is 6.47 Å². The molecule has 49 heavy (non-hydrogen) atoms. The van der Waals surface area contributed by atoms with Gasteiger partial charge in [-0.1, -0.05) is 201 Å². The van der Waals surface area contributed by atoms with Crippen molar-refractivity contribution in [2.45, 2.75) is 226 Å². The van der Waals surface area contributed by atoms with Gasteiger partial charge in [-0.25, -0.2) is 0 Å². The summed E-state index contributed by atoms with van der Waals surface area (Å²) in [5.41, 5.74) is 0. The number of carbonyl (C=O) groups is 1. The van der Waals surface area contributed by atoms with Crippen LogP contribution in [0.2, 0.25) is 0 Å². The third-order valence-corrected chi connectivity index (χ3v) is 9.67. The van der Waals surface area contributed by atoms with Gasteiger partial charge in [-0.15, -0.1) is 0 Å². The Hall–Kier alpha value is 0.454. The first-order valence-corrected chi connectivity index (χ1v) is 21.4. The number of hydrogen-bond acceptors (Lipinski definition) is 4. The predicted molar refractivity (Wildman–Crippen MR) is 213 cm³/mol. The average molecular weight is 774 g/mol. The van der Waals surface area contributed by atoms with Gasteiger partial charge in [-0.05, 0) is 38.3 Å². The van der Waals surface area contributed by atoms with Gasteiger partial charge >= 0.3 is 0 Å². The third kappa shape index (κ3) is 55.4. The summed E-state index contributed by atoms with van der Waals surface area (Å²) in [4.78, 5) is 10.8. The van der Waals surface area contributed by atoms with Gasteiger partial charge in [0.1, 0.15) is 0 Å². The van der Waals surface area contributed by atoms with Crippen LogP contribution in [0.4, 0.5) is 0 Å². The molecule has 0 saturated carbocycles. The molecule has 0 aliphatic rings. The first-order chi connectivity index (χ1) is 23.6. The summed E-state index contributed by atoms with van der Waals surface area (Å²) in [5, 5.41) is 24.7. The molecule has 0 amide bonds. The summed E-state index contributed by atoms with van der Waals surface area (Å²) in [5.74, 6) is 0.996. The minimum absolute atomic E-state index is 0. The van der Waals surface area contributed by atoms with E-state index in [2.05, 4.69) is 32.6 Å². The van der Waals surface area contributed by atoms with Crippen molar-refractivity contribution in [2.75, 3.05) is 32.8 Å². The molecule has 0 aromatic carbocycles. The molecule has 0 spiro atoms. The van der Waals surface area contributed by atoms with Gasteiger partial charge in [0, 0.05) is 45.9 Å². The molecule has 0 heterocycles. The SMILES string of the molecule is CCCCCCCCCCO.O=CO.[CH2-]CCCCCN(CCO)CCCCCCCC(CCCCCCCC)CCCCCCCC.[Y]. The standard InChI is InChI=1S/C32H66NO.C10H22O.CH2O2.Y/c1-4-7-10-13-16-20-25-32(26-21-17-14-11-8-5-2)27-22-18-15-19-24-29-33(30-31-34)28-23-12-9-6-3;1-2-3-4-5-6-7-8-9-10-11;2-1-3;/h32,34H,3-31H2,1-2H3;11H,2-10H2,1H3;1H,(H,2,3);/q-1;;;. The second-order valence-electron chi connectivity index (χ2n) is 14.3. The molecule has 0 aromatic rings. The number of aliphatic hydroxyl groups excluding tert-OH is 2. The summed E-state index contributed by atoms with van der Waals surface area (Å²) >= 11 is 0. The van der Waals surface area contributed by atoms with E-state index < -0.39 is 0 Å². The normalized spacial score (nSPS) is 10.8. The summed E-state index contributed by atoms with van der Waals surface area (Å²) in [7, 11) is 0. The van der Waals surface area contributed by atoms with Crippen LogP contribution in [-0.4, -0.2) is 59.5 Å². The van der Waals surface area contributed by atoms with E-state index in [9.17, 15) is 5.11 Å². The van der Waals surface area contributed by atoms with E-state index in [4.69, 9.17) is 15.0 Å². The smallest absolute Gasteiger partial charge is 0.290 e. The minimum Gasteiger partial charge on any atom is -0.483 e.